The van der Waals surface area contributed by atoms with Gasteiger partial charge in [0.15, 0.2) is 5.82 Å². The molecule has 0 saturated heterocycles. The number of rotatable bonds is 1. The number of aromatic nitrogens is 2. The minimum absolute atomic E-state index is 0.354. The number of carbonyl (C=O) groups is 1. The molecule has 0 spiro atoms. The van der Waals surface area contributed by atoms with Gasteiger partial charge in [-0.2, -0.15) is 18.3 Å². The van der Waals surface area contributed by atoms with Gasteiger partial charge in [0, 0.05) is 13.1 Å². The molecule has 0 saturated carbocycles. The number of aryl methyl sites for hydroxylation is 1. The highest BCUT2D eigenvalue weighted by Crippen LogP contribution is 2.30. The fraction of sp³-hybridized carbons (Fsp3) is 0.333. The summed E-state index contributed by atoms with van der Waals surface area (Å²) in [5.41, 5.74) is -1.01. The van der Waals surface area contributed by atoms with Crippen molar-refractivity contribution >= 4 is 11.9 Å². The number of hydrogen-bond acceptors (Lipinski definition) is 2. The fourth-order valence-corrected chi connectivity index (χ4v) is 0.903. The topological polar surface area (TPSA) is 67.2 Å². The quantitative estimate of drug-likeness (QED) is 0.736. The largest absolute Gasteiger partial charge is 0.465 e. The average molecular weight is 209 g/mol. The molecule has 1 aromatic heterocycles. The van der Waals surface area contributed by atoms with Crippen LogP contribution in [-0.4, -0.2) is 21.0 Å². The first kappa shape index (κ1) is 10.4. The zero-order valence-electron chi connectivity index (χ0n) is 6.96. The number of hydrogen-bond donors (Lipinski definition) is 2. The molecule has 0 atom stereocenters. The van der Waals surface area contributed by atoms with Gasteiger partial charge in [-0.25, -0.2) is 4.79 Å². The van der Waals surface area contributed by atoms with Crippen LogP contribution in [0.2, 0.25) is 0 Å². The molecule has 0 aliphatic carbocycles. The van der Waals surface area contributed by atoms with Crippen LogP contribution in [0.3, 0.4) is 0 Å². The van der Waals surface area contributed by atoms with Crippen LogP contribution in [-0.2, 0) is 13.2 Å². The molecule has 8 heteroatoms. The fourth-order valence-electron chi connectivity index (χ4n) is 0.903. The Hall–Kier alpha value is -1.73. The lowest BCUT2D eigenvalue weighted by atomic mass is 10.4. The molecule has 78 valence electrons. The van der Waals surface area contributed by atoms with Gasteiger partial charge in [0.1, 0.15) is 5.69 Å². The molecule has 0 bridgehead atoms. The number of nitrogens with one attached hydrogen (secondary N) is 1. The predicted octanol–water partition coefficient (Wildman–Crippen LogP) is 1.53. The van der Waals surface area contributed by atoms with Gasteiger partial charge >= 0.3 is 12.3 Å². The Morgan fingerprint density at radius 2 is 2.21 bits per heavy atom. The van der Waals surface area contributed by atoms with Crippen molar-refractivity contribution in [3.05, 3.63) is 11.8 Å². The van der Waals surface area contributed by atoms with E-state index in [9.17, 15) is 18.0 Å². The van der Waals surface area contributed by atoms with E-state index in [1.54, 1.807) is 5.32 Å². The maximum Gasteiger partial charge on any atom is 0.433 e. The zero-order chi connectivity index (χ0) is 10.9. The van der Waals surface area contributed by atoms with Crippen LogP contribution in [0.5, 0.6) is 0 Å². The molecule has 0 aromatic carbocycles. The Bertz CT molecular complexity index is 358. The van der Waals surface area contributed by atoms with Crippen LogP contribution >= 0.6 is 0 Å². The zero-order valence-corrected chi connectivity index (χ0v) is 6.96. The number of amides is 1. The van der Waals surface area contributed by atoms with Crippen LogP contribution < -0.4 is 5.32 Å². The van der Waals surface area contributed by atoms with Gasteiger partial charge < -0.3 is 5.11 Å². The van der Waals surface area contributed by atoms with Gasteiger partial charge in [-0.05, 0) is 0 Å². The first-order chi connectivity index (χ1) is 6.30. The SMILES string of the molecule is Cn1nc(NC(=O)O)cc1C(F)(F)F. The van der Waals surface area contributed by atoms with Crippen LogP contribution in [0.15, 0.2) is 6.07 Å². The number of nitrogens with zero attached hydrogens (tertiary/aromatic N) is 2. The summed E-state index contributed by atoms with van der Waals surface area (Å²) < 4.78 is 37.1. The molecular formula is C6H6F3N3O2. The highest BCUT2D eigenvalue weighted by Gasteiger charge is 2.35. The van der Waals surface area contributed by atoms with Crippen LogP contribution in [0.1, 0.15) is 5.69 Å². The van der Waals surface area contributed by atoms with E-state index in [-0.39, 0.29) is 5.82 Å². The average Bonchev–Trinajstić information content (AvgIpc) is 2.27. The van der Waals surface area contributed by atoms with Crippen molar-refractivity contribution in [3.63, 3.8) is 0 Å². The third-order valence-corrected chi connectivity index (χ3v) is 1.41. The second-order valence-electron chi connectivity index (χ2n) is 2.47. The molecule has 1 rings (SSSR count). The first-order valence-corrected chi connectivity index (χ1v) is 3.42. The molecule has 14 heavy (non-hydrogen) atoms. The monoisotopic (exact) mass is 209 g/mol. The van der Waals surface area contributed by atoms with Crippen molar-refractivity contribution < 1.29 is 23.1 Å². The Kier molecular flexibility index (Phi) is 2.37. The van der Waals surface area contributed by atoms with Gasteiger partial charge in [0.2, 0.25) is 0 Å². The van der Waals surface area contributed by atoms with E-state index in [1.807, 2.05) is 0 Å². The predicted molar refractivity (Wildman–Crippen MR) is 39.9 cm³/mol. The van der Waals surface area contributed by atoms with Crippen molar-refractivity contribution in [1.82, 2.24) is 9.78 Å². The summed E-state index contributed by atoms with van der Waals surface area (Å²) in [4.78, 5) is 10.1. The van der Waals surface area contributed by atoms with E-state index in [0.717, 1.165) is 7.05 Å². The summed E-state index contributed by atoms with van der Waals surface area (Å²) in [7, 11) is 1.08. The van der Waals surface area contributed by atoms with Gasteiger partial charge in [0.25, 0.3) is 0 Å². The third kappa shape index (κ3) is 2.15. The Morgan fingerprint density at radius 3 is 2.57 bits per heavy atom. The van der Waals surface area contributed by atoms with Crippen molar-refractivity contribution in [2.24, 2.45) is 7.05 Å². The lowest BCUT2D eigenvalue weighted by molar-refractivity contribution is -0.143. The Balaban J connectivity index is 2.99. The summed E-state index contributed by atoms with van der Waals surface area (Å²) in [6.07, 6.45) is -6.00. The Labute approximate surface area is 76.1 Å². The number of alkyl halides is 3. The van der Waals surface area contributed by atoms with Crippen molar-refractivity contribution in [2.45, 2.75) is 6.18 Å². The number of halogens is 3. The lowest BCUT2D eigenvalue weighted by Crippen LogP contribution is -2.11. The second kappa shape index (κ2) is 3.20. The maximum atomic E-state index is 12.2. The van der Waals surface area contributed by atoms with Crippen LogP contribution in [0.25, 0.3) is 0 Å². The molecule has 1 amide bonds. The number of carboxylic acid groups (broad SMARTS) is 1. The van der Waals surface area contributed by atoms with Gasteiger partial charge in [-0.15, -0.1) is 0 Å². The van der Waals surface area contributed by atoms with E-state index in [4.69, 9.17) is 5.11 Å². The van der Waals surface area contributed by atoms with E-state index >= 15 is 0 Å². The summed E-state index contributed by atoms with van der Waals surface area (Å²) in [6.45, 7) is 0. The molecular weight excluding hydrogens is 203 g/mol. The summed E-state index contributed by atoms with van der Waals surface area (Å²) >= 11 is 0. The normalized spacial score (nSPS) is 11.4. The maximum absolute atomic E-state index is 12.2. The highest BCUT2D eigenvalue weighted by molar-refractivity contribution is 5.81. The molecule has 0 radical (unpaired) electrons. The van der Waals surface area contributed by atoms with Gasteiger partial charge in [0.05, 0.1) is 0 Å². The van der Waals surface area contributed by atoms with Gasteiger partial charge in [-0.3, -0.25) is 10.00 Å². The second-order valence-corrected chi connectivity index (χ2v) is 2.47. The van der Waals surface area contributed by atoms with Crippen LogP contribution in [0, 0.1) is 0 Å². The minimum atomic E-state index is -4.54. The molecule has 1 heterocycles. The summed E-state index contributed by atoms with van der Waals surface area (Å²) in [5.74, 6) is -0.354. The minimum Gasteiger partial charge on any atom is -0.465 e. The molecule has 0 aliphatic rings. The molecule has 1 aromatic rings. The van der Waals surface area contributed by atoms with Crippen molar-refractivity contribution in [3.8, 4) is 0 Å². The van der Waals surface area contributed by atoms with Crippen LogP contribution in [0.4, 0.5) is 23.8 Å². The van der Waals surface area contributed by atoms with Crippen molar-refractivity contribution in [2.75, 3.05) is 5.32 Å². The van der Waals surface area contributed by atoms with Gasteiger partial charge in [-0.1, -0.05) is 0 Å². The van der Waals surface area contributed by atoms with E-state index in [1.165, 1.54) is 0 Å². The lowest BCUT2D eigenvalue weighted by Gasteiger charge is -2.04. The molecule has 0 unspecified atom stereocenters. The standard InChI is InChI=1S/C6H6F3N3O2/c1-12-3(6(7,8)9)2-4(11-12)10-5(13)14/h2H,1H3,(H,10,11)(H,13,14). The summed E-state index contributed by atoms with van der Waals surface area (Å²) in [6, 6.07) is 0.619. The first-order valence-electron chi connectivity index (χ1n) is 3.42. The van der Waals surface area contributed by atoms with E-state index < -0.39 is 18.0 Å². The molecule has 2 N–H and O–H groups in total. The smallest absolute Gasteiger partial charge is 0.433 e. The van der Waals surface area contributed by atoms with E-state index in [0.29, 0.717) is 10.7 Å². The third-order valence-electron chi connectivity index (χ3n) is 1.41. The van der Waals surface area contributed by atoms with Crippen molar-refractivity contribution in [1.29, 1.82) is 0 Å². The Morgan fingerprint density at radius 1 is 1.64 bits per heavy atom. The molecule has 5 nitrogen and oxygen atoms in total. The highest BCUT2D eigenvalue weighted by atomic mass is 19.4. The van der Waals surface area contributed by atoms with E-state index in [2.05, 4.69) is 5.10 Å². The summed E-state index contributed by atoms with van der Waals surface area (Å²) in [5, 5.41) is 13.3. The number of anilines is 1. The molecule has 0 aliphatic heterocycles. The molecule has 0 fully saturated rings.